The number of nitrogens with one attached hydrogen (secondary N) is 1. The SMILES string of the molecule is Cc1cc(Cl)ccc1CNc1ccc([N+](=O)[O-])cc1F. The molecule has 0 aliphatic carbocycles. The van der Waals surface area contributed by atoms with Gasteiger partial charge in [0, 0.05) is 17.6 Å². The number of nitrogens with zero attached hydrogens (tertiary/aromatic N) is 1. The highest BCUT2D eigenvalue weighted by molar-refractivity contribution is 6.30. The van der Waals surface area contributed by atoms with Crippen LogP contribution in [0.2, 0.25) is 5.02 Å². The van der Waals surface area contributed by atoms with Crippen LogP contribution in [-0.4, -0.2) is 4.92 Å². The highest BCUT2D eigenvalue weighted by atomic mass is 35.5. The normalized spacial score (nSPS) is 10.3. The molecule has 2 aromatic carbocycles. The van der Waals surface area contributed by atoms with Crippen molar-refractivity contribution in [3.05, 3.63) is 68.5 Å². The van der Waals surface area contributed by atoms with Crippen molar-refractivity contribution in [2.45, 2.75) is 13.5 Å². The maximum absolute atomic E-state index is 13.7. The number of hydrogen-bond acceptors (Lipinski definition) is 3. The summed E-state index contributed by atoms with van der Waals surface area (Å²) in [5.74, 6) is -0.647. The second kappa shape index (κ2) is 5.88. The van der Waals surface area contributed by atoms with Gasteiger partial charge in [-0.25, -0.2) is 4.39 Å². The van der Waals surface area contributed by atoms with Gasteiger partial charge < -0.3 is 5.32 Å². The van der Waals surface area contributed by atoms with E-state index in [1.807, 2.05) is 19.1 Å². The van der Waals surface area contributed by atoms with Gasteiger partial charge in [-0.05, 0) is 36.2 Å². The third-order valence-corrected chi connectivity index (χ3v) is 3.17. The minimum Gasteiger partial charge on any atom is -0.379 e. The zero-order valence-corrected chi connectivity index (χ0v) is 11.4. The molecule has 1 N–H and O–H groups in total. The summed E-state index contributed by atoms with van der Waals surface area (Å²) in [4.78, 5) is 9.90. The van der Waals surface area contributed by atoms with E-state index in [1.54, 1.807) is 6.07 Å². The van der Waals surface area contributed by atoms with Gasteiger partial charge >= 0.3 is 0 Å². The predicted molar refractivity (Wildman–Crippen MR) is 76.6 cm³/mol. The molecule has 0 heterocycles. The lowest BCUT2D eigenvalue weighted by Crippen LogP contribution is -2.03. The fourth-order valence-electron chi connectivity index (χ4n) is 1.81. The van der Waals surface area contributed by atoms with Crippen LogP contribution in [0, 0.1) is 22.9 Å². The van der Waals surface area contributed by atoms with Crippen molar-refractivity contribution in [2.75, 3.05) is 5.32 Å². The Labute approximate surface area is 120 Å². The van der Waals surface area contributed by atoms with E-state index in [1.165, 1.54) is 12.1 Å². The number of rotatable bonds is 4. The molecule has 0 saturated carbocycles. The Morgan fingerprint density at radius 1 is 1.30 bits per heavy atom. The molecular formula is C14H12ClFN2O2. The molecule has 0 fully saturated rings. The Morgan fingerprint density at radius 2 is 2.05 bits per heavy atom. The number of benzene rings is 2. The summed E-state index contributed by atoms with van der Waals surface area (Å²) >= 11 is 5.86. The zero-order valence-electron chi connectivity index (χ0n) is 10.7. The third-order valence-electron chi connectivity index (χ3n) is 2.94. The van der Waals surface area contributed by atoms with Gasteiger partial charge in [0.2, 0.25) is 0 Å². The molecule has 0 saturated heterocycles. The van der Waals surface area contributed by atoms with Crippen LogP contribution in [0.25, 0.3) is 0 Å². The Kier molecular flexibility index (Phi) is 4.20. The molecule has 0 aliphatic rings. The van der Waals surface area contributed by atoms with Gasteiger partial charge in [0.15, 0.2) is 5.82 Å². The fraction of sp³-hybridized carbons (Fsp3) is 0.143. The Hall–Kier alpha value is -2.14. The number of non-ortho nitro benzene ring substituents is 1. The predicted octanol–water partition coefficient (Wildman–Crippen LogP) is 4.31. The Balaban J connectivity index is 2.13. The average molecular weight is 295 g/mol. The van der Waals surface area contributed by atoms with Crippen molar-refractivity contribution in [3.63, 3.8) is 0 Å². The molecule has 6 heteroatoms. The molecule has 0 aromatic heterocycles. The number of aryl methyl sites for hydroxylation is 1. The van der Waals surface area contributed by atoms with E-state index < -0.39 is 10.7 Å². The maximum atomic E-state index is 13.7. The summed E-state index contributed by atoms with van der Waals surface area (Å²) in [5, 5.41) is 14.1. The molecule has 104 valence electrons. The van der Waals surface area contributed by atoms with Crippen LogP contribution < -0.4 is 5.32 Å². The summed E-state index contributed by atoms with van der Waals surface area (Å²) < 4.78 is 13.7. The topological polar surface area (TPSA) is 55.2 Å². The van der Waals surface area contributed by atoms with E-state index in [-0.39, 0.29) is 11.4 Å². The third kappa shape index (κ3) is 3.24. The minimum absolute atomic E-state index is 0.227. The van der Waals surface area contributed by atoms with Crippen molar-refractivity contribution < 1.29 is 9.31 Å². The summed E-state index contributed by atoms with van der Waals surface area (Å²) in [5.41, 5.74) is 1.93. The number of nitro benzene ring substituents is 1. The fourth-order valence-corrected chi connectivity index (χ4v) is 2.04. The number of nitro groups is 1. The molecule has 4 nitrogen and oxygen atoms in total. The van der Waals surface area contributed by atoms with E-state index in [0.29, 0.717) is 11.6 Å². The van der Waals surface area contributed by atoms with Crippen molar-refractivity contribution in [1.82, 2.24) is 0 Å². The maximum Gasteiger partial charge on any atom is 0.272 e. The lowest BCUT2D eigenvalue weighted by molar-refractivity contribution is -0.385. The quantitative estimate of drug-likeness (QED) is 0.675. The first-order valence-corrected chi connectivity index (χ1v) is 6.28. The van der Waals surface area contributed by atoms with E-state index in [4.69, 9.17) is 11.6 Å². The van der Waals surface area contributed by atoms with Crippen LogP contribution in [0.1, 0.15) is 11.1 Å². The van der Waals surface area contributed by atoms with Gasteiger partial charge in [0.05, 0.1) is 16.7 Å². The molecule has 0 amide bonds. The minimum atomic E-state index is -0.647. The van der Waals surface area contributed by atoms with Gasteiger partial charge in [0.25, 0.3) is 5.69 Å². The molecule has 2 rings (SSSR count). The number of anilines is 1. The second-order valence-corrected chi connectivity index (χ2v) is 4.78. The average Bonchev–Trinajstić information content (AvgIpc) is 2.38. The Bertz CT molecular complexity index is 662. The molecule has 0 radical (unpaired) electrons. The summed E-state index contributed by atoms with van der Waals surface area (Å²) in [6, 6.07) is 8.96. The summed E-state index contributed by atoms with van der Waals surface area (Å²) in [6.07, 6.45) is 0. The van der Waals surface area contributed by atoms with E-state index in [9.17, 15) is 14.5 Å². The number of hydrogen-bond donors (Lipinski definition) is 1. The largest absolute Gasteiger partial charge is 0.379 e. The first kappa shape index (κ1) is 14.3. The summed E-state index contributed by atoms with van der Waals surface area (Å²) in [6.45, 7) is 2.33. The van der Waals surface area contributed by atoms with Crippen LogP contribution >= 0.6 is 11.6 Å². The smallest absolute Gasteiger partial charge is 0.272 e. The van der Waals surface area contributed by atoms with Crippen molar-refractivity contribution in [1.29, 1.82) is 0 Å². The van der Waals surface area contributed by atoms with Crippen LogP contribution in [0.15, 0.2) is 36.4 Å². The standard InChI is InChI=1S/C14H12ClFN2O2/c1-9-6-11(15)3-2-10(9)8-17-14-5-4-12(18(19)20)7-13(14)16/h2-7,17H,8H2,1H3. The molecule has 0 unspecified atom stereocenters. The van der Waals surface area contributed by atoms with Gasteiger partial charge in [-0.2, -0.15) is 0 Å². The van der Waals surface area contributed by atoms with Gasteiger partial charge in [0.1, 0.15) is 0 Å². The van der Waals surface area contributed by atoms with Crippen LogP contribution in [0.3, 0.4) is 0 Å². The lowest BCUT2D eigenvalue weighted by atomic mass is 10.1. The second-order valence-electron chi connectivity index (χ2n) is 4.35. The van der Waals surface area contributed by atoms with E-state index >= 15 is 0 Å². The molecular weight excluding hydrogens is 283 g/mol. The van der Waals surface area contributed by atoms with Crippen LogP contribution in [-0.2, 0) is 6.54 Å². The zero-order chi connectivity index (χ0) is 14.7. The van der Waals surface area contributed by atoms with Crippen LogP contribution in [0.4, 0.5) is 15.8 Å². The highest BCUT2D eigenvalue weighted by Crippen LogP contribution is 2.22. The molecule has 0 atom stereocenters. The first-order chi connectivity index (χ1) is 9.47. The molecule has 20 heavy (non-hydrogen) atoms. The summed E-state index contributed by atoms with van der Waals surface area (Å²) in [7, 11) is 0. The molecule has 0 aliphatic heterocycles. The molecule has 0 spiro atoms. The number of halogens is 2. The molecule has 2 aromatic rings. The van der Waals surface area contributed by atoms with Gasteiger partial charge in [-0.3, -0.25) is 10.1 Å². The van der Waals surface area contributed by atoms with Crippen molar-refractivity contribution >= 4 is 23.0 Å². The van der Waals surface area contributed by atoms with E-state index in [0.717, 1.165) is 17.2 Å². The monoisotopic (exact) mass is 294 g/mol. The van der Waals surface area contributed by atoms with Gasteiger partial charge in [-0.1, -0.05) is 17.7 Å². The van der Waals surface area contributed by atoms with Crippen molar-refractivity contribution in [3.8, 4) is 0 Å². The lowest BCUT2D eigenvalue weighted by Gasteiger charge is -2.10. The van der Waals surface area contributed by atoms with Gasteiger partial charge in [-0.15, -0.1) is 0 Å². The van der Waals surface area contributed by atoms with E-state index in [2.05, 4.69) is 5.32 Å². The highest BCUT2D eigenvalue weighted by Gasteiger charge is 2.10. The molecule has 0 bridgehead atoms. The van der Waals surface area contributed by atoms with Crippen LogP contribution in [0.5, 0.6) is 0 Å². The first-order valence-electron chi connectivity index (χ1n) is 5.90. The van der Waals surface area contributed by atoms with Crippen molar-refractivity contribution in [2.24, 2.45) is 0 Å². The Morgan fingerprint density at radius 3 is 2.65 bits per heavy atom.